The summed E-state index contributed by atoms with van der Waals surface area (Å²) in [6, 6.07) is 9.29. The molecule has 4 heteroatoms. The molecule has 1 heterocycles. The van der Waals surface area contributed by atoms with Gasteiger partial charge in [0.25, 0.3) is 0 Å². The van der Waals surface area contributed by atoms with Gasteiger partial charge in [0.15, 0.2) is 5.69 Å². The van der Waals surface area contributed by atoms with Crippen LogP contribution in [0.1, 0.15) is 36.8 Å². The van der Waals surface area contributed by atoms with Crippen LogP contribution in [0.3, 0.4) is 0 Å². The van der Waals surface area contributed by atoms with Crippen LogP contribution in [0.4, 0.5) is 0 Å². The molecule has 2 rings (SSSR count). The fourth-order valence-corrected chi connectivity index (χ4v) is 1.87. The standard InChI is InChI=1S/C14H16N2O2/c1-14(2,3)11-9-15-16(12(11)13(17)18)10-7-5-4-6-8-10/h4-9H,1-3H3,(H,17,18). The molecule has 1 aromatic carbocycles. The molecule has 0 saturated carbocycles. The summed E-state index contributed by atoms with van der Waals surface area (Å²) in [4.78, 5) is 11.5. The zero-order valence-corrected chi connectivity index (χ0v) is 10.7. The summed E-state index contributed by atoms with van der Waals surface area (Å²) in [5.74, 6) is -0.957. The third-order valence-corrected chi connectivity index (χ3v) is 2.78. The van der Waals surface area contributed by atoms with Crippen LogP contribution in [0.5, 0.6) is 0 Å². The van der Waals surface area contributed by atoms with Crippen molar-refractivity contribution in [3.05, 3.63) is 47.8 Å². The highest BCUT2D eigenvalue weighted by atomic mass is 16.4. The number of hydrogen-bond acceptors (Lipinski definition) is 2. The number of benzene rings is 1. The van der Waals surface area contributed by atoms with E-state index in [1.54, 1.807) is 6.20 Å². The number of carboxylic acid groups (broad SMARTS) is 1. The fraction of sp³-hybridized carbons (Fsp3) is 0.286. The van der Waals surface area contributed by atoms with Crippen LogP contribution in [-0.2, 0) is 5.41 Å². The minimum absolute atomic E-state index is 0.230. The molecule has 0 fully saturated rings. The van der Waals surface area contributed by atoms with Crippen molar-refractivity contribution in [3.8, 4) is 5.69 Å². The summed E-state index contributed by atoms with van der Waals surface area (Å²) in [5.41, 5.74) is 1.47. The number of carboxylic acids is 1. The zero-order chi connectivity index (χ0) is 13.3. The van der Waals surface area contributed by atoms with E-state index in [4.69, 9.17) is 0 Å². The molecule has 0 radical (unpaired) electrons. The van der Waals surface area contributed by atoms with Crippen LogP contribution in [-0.4, -0.2) is 20.9 Å². The summed E-state index contributed by atoms with van der Waals surface area (Å²) in [5, 5.41) is 13.6. The lowest BCUT2D eigenvalue weighted by Crippen LogP contribution is -2.18. The van der Waals surface area contributed by atoms with Gasteiger partial charge in [-0.15, -0.1) is 0 Å². The Bertz CT molecular complexity index is 565. The molecule has 94 valence electrons. The Labute approximate surface area is 106 Å². The lowest BCUT2D eigenvalue weighted by Gasteiger charge is -2.17. The minimum Gasteiger partial charge on any atom is -0.476 e. The van der Waals surface area contributed by atoms with E-state index in [1.807, 2.05) is 51.1 Å². The van der Waals surface area contributed by atoms with E-state index in [9.17, 15) is 9.90 Å². The smallest absolute Gasteiger partial charge is 0.354 e. The number of carbonyl (C=O) groups is 1. The first kappa shape index (κ1) is 12.4. The first-order valence-electron chi connectivity index (χ1n) is 5.78. The predicted molar refractivity (Wildman–Crippen MR) is 69.2 cm³/mol. The molecule has 4 nitrogen and oxygen atoms in total. The Morgan fingerprint density at radius 1 is 1.22 bits per heavy atom. The van der Waals surface area contributed by atoms with Crippen LogP contribution in [0.2, 0.25) is 0 Å². The molecular formula is C14H16N2O2. The van der Waals surface area contributed by atoms with E-state index >= 15 is 0 Å². The number of rotatable bonds is 2. The SMILES string of the molecule is CC(C)(C)c1cnn(-c2ccccc2)c1C(=O)O. The largest absolute Gasteiger partial charge is 0.476 e. The number of hydrogen-bond donors (Lipinski definition) is 1. The first-order chi connectivity index (χ1) is 8.41. The number of para-hydroxylation sites is 1. The molecule has 1 N–H and O–H groups in total. The third-order valence-electron chi connectivity index (χ3n) is 2.78. The summed E-state index contributed by atoms with van der Waals surface area (Å²) in [7, 11) is 0. The molecule has 0 aliphatic heterocycles. The van der Waals surface area contributed by atoms with E-state index in [1.165, 1.54) is 4.68 Å². The van der Waals surface area contributed by atoms with Crippen molar-refractivity contribution in [2.45, 2.75) is 26.2 Å². The molecule has 1 aromatic heterocycles. The summed E-state index contributed by atoms with van der Waals surface area (Å²) in [6.45, 7) is 5.93. The van der Waals surface area contributed by atoms with E-state index in [0.717, 1.165) is 11.3 Å². The average Bonchev–Trinajstić information content (AvgIpc) is 2.74. The zero-order valence-electron chi connectivity index (χ0n) is 10.7. The second kappa shape index (κ2) is 4.29. The topological polar surface area (TPSA) is 55.1 Å². The van der Waals surface area contributed by atoms with Gasteiger partial charge < -0.3 is 5.11 Å². The van der Waals surface area contributed by atoms with Crippen LogP contribution in [0.15, 0.2) is 36.5 Å². The molecule has 0 atom stereocenters. The van der Waals surface area contributed by atoms with Crippen molar-refractivity contribution in [1.29, 1.82) is 0 Å². The highest BCUT2D eigenvalue weighted by Gasteiger charge is 2.26. The third kappa shape index (κ3) is 2.14. The Hall–Kier alpha value is -2.10. The van der Waals surface area contributed by atoms with E-state index in [0.29, 0.717) is 0 Å². The Morgan fingerprint density at radius 2 is 1.83 bits per heavy atom. The summed E-state index contributed by atoms with van der Waals surface area (Å²) in [6.07, 6.45) is 1.64. The monoisotopic (exact) mass is 244 g/mol. The fourth-order valence-electron chi connectivity index (χ4n) is 1.87. The maximum absolute atomic E-state index is 11.5. The quantitative estimate of drug-likeness (QED) is 0.883. The first-order valence-corrected chi connectivity index (χ1v) is 5.78. The van der Waals surface area contributed by atoms with Gasteiger partial charge in [-0.3, -0.25) is 0 Å². The van der Waals surface area contributed by atoms with Gasteiger partial charge >= 0.3 is 5.97 Å². The maximum atomic E-state index is 11.5. The maximum Gasteiger partial charge on any atom is 0.354 e. The molecule has 0 bridgehead atoms. The molecule has 0 unspecified atom stereocenters. The highest BCUT2D eigenvalue weighted by molar-refractivity contribution is 5.88. The second-order valence-corrected chi connectivity index (χ2v) is 5.21. The molecule has 0 amide bonds. The van der Waals surface area contributed by atoms with Crippen LogP contribution >= 0.6 is 0 Å². The molecular weight excluding hydrogens is 228 g/mol. The lowest BCUT2D eigenvalue weighted by atomic mass is 9.87. The Kier molecular flexibility index (Phi) is 2.95. The van der Waals surface area contributed by atoms with Crippen molar-refractivity contribution in [3.63, 3.8) is 0 Å². The van der Waals surface area contributed by atoms with Crippen LogP contribution in [0, 0.1) is 0 Å². The second-order valence-electron chi connectivity index (χ2n) is 5.21. The van der Waals surface area contributed by atoms with Gasteiger partial charge in [0.1, 0.15) is 0 Å². The van der Waals surface area contributed by atoms with Crippen molar-refractivity contribution < 1.29 is 9.90 Å². The number of aromatic nitrogens is 2. The number of aromatic carboxylic acids is 1. The van der Waals surface area contributed by atoms with E-state index in [2.05, 4.69) is 5.10 Å². The van der Waals surface area contributed by atoms with Crippen molar-refractivity contribution >= 4 is 5.97 Å². The average molecular weight is 244 g/mol. The van der Waals surface area contributed by atoms with Gasteiger partial charge in [0, 0.05) is 5.56 Å². The van der Waals surface area contributed by atoms with Crippen molar-refractivity contribution in [2.75, 3.05) is 0 Å². The van der Waals surface area contributed by atoms with Gasteiger partial charge in [-0.05, 0) is 17.5 Å². The minimum atomic E-state index is -0.957. The van der Waals surface area contributed by atoms with Gasteiger partial charge in [0.2, 0.25) is 0 Å². The number of nitrogens with zero attached hydrogens (tertiary/aromatic N) is 2. The Morgan fingerprint density at radius 3 is 2.33 bits per heavy atom. The van der Waals surface area contributed by atoms with Gasteiger partial charge in [-0.2, -0.15) is 5.10 Å². The molecule has 0 spiro atoms. The molecule has 2 aromatic rings. The van der Waals surface area contributed by atoms with Gasteiger partial charge in [-0.1, -0.05) is 39.0 Å². The van der Waals surface area contributed by atoms with Crippen LogP contribution in [0.25, 0.3) is 5.69 Å². The normalized spacial score (nSPS) is 11.5. The van der Waals surface area contributed by atoms with E-state index < -0.39 is 5.97 Å². The molecule has 0 saturated heterocycles. The summed E-state index contributed by atoms with van der Waals surface area (Å²) >= 11 is 0. The molecule has 0 aliphatic rings. The molecule has 18 heavy (non-hydrogen) atoms. The Balaban J connectivity index is 2.64. The highest BCUT2D eigenvalue weighted by Crippen LogP contribution is 2.27. The van der Waals surface area contributed by atoms with E-state index in [-0.39, 0.29) is 11.1 Å². The van der Waals surface area contributed by atoms with Crippen molar-refractivity contribution in [1.82, 2.24) is 9.78 Å². The lowest BCUT2D eigenvalue weighted by molar-refractivity contribution is 0.0684. The predicted octanol–water partition coefficient (Wildman–Crippen LogP) is 2.87. The van der Waals surface area contributed by atoms with Crippen LogP contribution < -0.4 is 0 Å². The van der Waals surface area contributed by atoms with Gasteiger partial charge in [0.05, 0.1) is 11.9 Å². The molecule has 0 aliphatic carbocycles. The van der Waals surface area contributed by atoms with Crippen molar-refractivity contribution in [2.24, 2.45) is 0 Å². The summed E-state index contributed by atoms with van der Waals surface area (Å²) < 4.78 is 1.48. The van der Waals surface area contributed by atoms with Gasteiger partial charge in [-0.25, -0.2) is 9.48 Å².